The summed E-state index contributed by atoms with van der Waals surface area (Å²) in [5.41, 5.74) is 1.24. The number of piperidine rings is 1. The van der Waals surface area contributed by atoms with Gasteiger partial charge in [0.05, 0.1) is 0 Å². The number of hydrogen-bond donors (Lipinski definition) is 1. The van der Waals surface area contributed by atoms with Crippen LogP contribution in [0, 0.1) is 5.92 Å². The summed E-state index contributed by atoms with van der Waals surface area (Å²) in [7, 11) is 0. The molecule has 1 N–H and O–H groups in total. The average Bonchev–Trinajstić information content (AvgIpc) is 2.92. The van der Waals surface area contributed by atoms with Gasteiger partial charge in [0.1, 0.15) is 0 Å². The molecule has 3 unspecified atom stereocenters. The molecule has 0 bridgehead atoms. The number of carbonyl (C=O) groups excluding carboxylic acids is 1. The number of nitrogens with zero attached hydrogens (tertiary/aromatic N) is 1. The van der Waals surface area contributed by atoms with Crippen LogP contribution >= 0.6 is 15.9 Å². The van der Waals surface area contributed by atoms with Gasteiger partial charge in [0.2, 0.25) is 5.91 Å². The highest BCUT2D eigenvalue weighted by Gasteiger charge is 2.36. The van der Waals surface area contributed by atoms with E-state index in [2.05, 4.69) is 45.2 Å². The average molecular weight is 351 g/mol. The van der Waals surface area contributed by atoms with Crippen LogP contribution in [-0.4, -0.2) is 36.5 Å². The van der Waals surface area contributed by atoms with Crippen molar-refractivity contribution >= 4 is 21.8 Å². The van der Waals surface area contributed by atoms with Gasteiger partial charge in [-0.25, -0.2) is 0 Å². The monoisotopic (exact) mass is 350 g/mol. The van der Waals surface area contributed by atoms with Gasteiger partial charge in [-0.2, -0.15) is 0 Å². The lowest BCUT2D eigenvalue weighted by Crippen LogP contribution is -2.41. The van der Waals surface area contributed by atoms with Crippen LogP contribution < -0.4 is 5.32 Å². The van der Waals surface area contributed by atoms with Gasteiger partial charge in [0.25, 0.3) is 0 Å². The topological polar surface area (TPSA) is 32.3 Å². The Morgan fingerprint density at radius 2 is 2.14 bits per heavy atom. The van der Waals surface area contributed by atoms with Crippen molar-refractivity contribution in [3.63, 3.8) is 0 Å². The molecule has 114 valence electrons. The third-order valence-electron chi connectivity index (χ3n) is 4.87. The summed E-state index contributed by atoms with van der Waals surface area (Å²) >= 11 is 3.45. The van der Waals surface area contributed by atoms with E-state index in [4.69, 9.17) is 0 Å². The number of rotatable bonds is 3. The maximum Gasteiger partial charge on any atom is 0.223 e. The number of amides is 1. The van der Waals surface area contributed by atoms with E-state index in [0.717, 1.165) is 24.1 Å². The molecule has 1 amide bonds. The van der Waals surface area contributed by atoms with Crippen LogP contribution in [0.2, 0.25) is 0 Å². The first kappa shape index (κ1) is 15.0. The van der Waals surface area contributed by atoms with E-state index in [9.17, 15) is 4.79 Å². The number of likely N-dealkylation sites (tertiary alicyclic amines) is 1. The zero-order chi connectivity index (χ0) is 14.8. The van der Waals surface area contributed by atoms with Crippen molar-refractivity contribution in [3.8, 4) is 0 Å². The van der Waals surface area contributed by atoms with E-state index < -0.39 is 0 Å². The third-order valence-corrected chi connectivity index (χ3v) is 5.40. The molecule has 2 aliphatic rings. The lowest BCUT2D eigenvalue weighted by Gasteiger charge is -2.24. The van der Waals surface area contributed by atoms with Gasteiger partial charge < -0.3 is 10.2 Å². The van der Waals surface area contributed by atoms with E-state index in [1.54, 1.807) is 0 Å². The SMILES string of the molecule is CC(CC(=O)N1CC2CCCNC2C1)c1ccc(Br)cc1. The fourth-order valence-corrected chi connectivity index (χ4v) is 3.81. The van der Waals surface area contributed by atoms with E-state index in [0.29, 0.717) is 24.3 Å². The number of halogens is 1. The van der Waals surface area contributed by atoms with Crippen LogP contribution in [-0.2, 0) is 4.79 Å². The summed E-state index contributed by atoms with van der Waals surface area (Å²) in [5.74, 6) is 1.26. The molecule has 0 radical (unpaired) electrons. The normalized spacial score (nSPS) is 26.5. The molecule has 0 saturated carbocycles. The maximum absolute atomic E-state index is 12.5. The predicted octanol–water partition coefficient (Wildman–Crippen LogP) is 3.15. The zero-order valence-corrected chi connectivity index (χ0v) is 14.1. The summed E-state index contributed by atoms with van der Waals surface area (Å²) in [4.78, 5) is 14.6. The molecule has 0 aliphatic carbocycles. The molecule has 4 heteroatoms. The van der Waals surface area contributed by atoms with Crippen molar-refractivity contribution in [2.45, 2.75) is 38.1 Å². The second-order valence-corrected chi connectivity index (χ2v) is 7.33. The van der Waals surface area contributed by atoms with E-state index in [1.165, 1.54) is 18.4 Å². The fourth-order valence-electron chi connectivity index (χ4n) is 3.55. The third kappa shape index (κ3) is 3.49. The van der Waals surface area contributed by atoms with Crippen molar-refractivity contribution in [1.82, 2.24) is 10.2 Å². The summed E-state index contributed by atoms with van der Waals surface area (Å²) < 4.78 is 1.08. The molecule has 3 nitrogen and oxygen atoms in total. The Kier molecular flexibility index (Phi) is 4.65. The Morgan fingerprint density at radius 3 is 2.86 bits per heavy atom. The second-order valence-electron chi connectivity index (χ2n) is 6.42. The van der Waals surface area contributed by atoms with Gasteiger partial charge >= 0.3 is 0 Å². The quantitative estimate of drug-likeness (QED) is 0.907. The first-order chi connectivity index (χ1) is 10.1. The molecule has 2 saturated heterocycles. The Morgan fingerprint density at radius 1 is 1.38 bits per heavy atom. The molecular weight excluding hydrogens is 328 g/mol. The first-order valence-electron chi connectivity index (χ1n) is 7.90. The van der Waals surface area contributed by atoms with Crippen molar-refractivity contribution in [2.24, 2.45) is 5.92 Å². The van der Waals surface area contributed by atoms with E-state index >= 15 is 0 Å². The Hall–Kier alpha value is -0.870. The molecule has 21 heavy (non-hydrogen) atoms. The predicted molar refractivity (Wildman–Crippen MR) is 88.3 cm³/mol. The fraction of sp³-hybridized carbons (Fsp3) is 0.588. The van der Waals surface area contributed by atoms with E-state index in [-0.39, 0.29) is 5.92 Å². The number of nitrogens with one attached hydrogen (secondary N) is 1. The minimum Gasteiger partial charge on any atom is -0.341 e. The Bertz CT molecular complexity index is 488. The number of hydrogen-bond acceptors (Lipinski definition) is 2. The van der Waals surface area contributed by atoms with Gasteiger partial charge in [-0.15, -0.1) is 0 Å². The summed E-state index contributed by atoms with van der Waals surface area (Å²) in [5, 5.41) is 3.56. The maximum atomic E-state index is 12.5. The first-order valence-corrected chi connectivity index (χ1v) is 8.69. The molecule has 3 atom stereocenters. The standard InChI is InChI=1S/C17H23BrN2O/c1-12(13-4-6-15(18)7-5-13)9-17(21)20-10-14-3-2-8-19-16(14)11-20/h4-7,12,14,16,19H,2-3,8-11H2,1H3. The molecule has 3 rings (SSSR count). The van der Waals surface area contributed by atoms with Crippen LogP contribution in [0.15, 0.2) is 28.7 Å². The highest BCUT2D eigenvalue weighted by atomic mass is 79.9. The smallest absolute Gasteiger partial charge is 0.223 e. The number of fused-ring (bicyclic) bond motifs is 1. The van der Waals surface area contributed by atoms with Crippen LogP contribution in [0.1, 0.15) is 37.7 Å². The zero-order valence-electron chi connectivity index (χ0n) is 12.5. The minimum atomic E-state index is 0.279. The molecule has 2 fully saturated rings. The molecular formula is C17H23BrN2O. The minimum absolute atomic E-state index is 0.279. The highest BCUT2D eigenvalue weighted by Crippen LogP contribution is 2.27. The Balaban J connectivity index is 1.57. The lowest BCUT2D eigenvalue weighted by molar-refractivity contribution is -0.130. The van der Waals surface area contributed by atoms with Crippen LogP contribution in [0.4, 0.5) is 0 Å². The number of benzene rings is 1. The van der Waals surface area contributed by atoms with Crippen LogP contribution in [0.25, 0.3) is 0 Å². The van der Waals surface area contributed by atoms with Gasteiger partial charge in [0, 0.05) is 30.0 Å². The molecule has 0 spiro atoms. The summed E-state index contributed by atoms with van der Waals surface area (Å²) in [6.45, 7) is 5.10. The summed E-state index contributed by atoms with van der Waals surface area (Å²) in [6, 6.07) is 8.83. The number of carbonyl (C=O) groups is 1. The molecule has 1 aromatic rings. The lowest BCUT2D eigenvalue weighted by atomic mass is 9.94. The molecule has 2 heterocycles. The Labute approximate surface area is 135 Å². The van der Waals surface area contributed by atoms with Crippen molar-refractivity contribution in [1.29, 1.82) is 0 Å². The van der Waals surface area contributed by atoms with Crippen molar-refractivity contribution in [2.75, 3.05) is 19.6 Å². The summed E-state index contributed by atoms with van der Waals surface area (Å²) in [6.07, 6.45) is 3.13. The van der Waals surface area contributed by atoms with Gasteiger partial charge in [0.15, 0.2) is 0 Å². The van der Waals surface area contributed by atoms with Gasteiger partial charge in [-0.05, 0) is 48.9 Å². The second kappa shape index (κ2) is 6.49. The van der Waals surface area contributed by atoms with Crippen LogP contribution in [0.3, 0.4) is 0 Å². The van der Waals surface area contributed by atoms with Gasteiger partial charge in [-0.1, -0.05) is 35.0 Å². The largest absolute Gasteiger partial charge is 0.341 e. The van der Waals surface area contributed by atoms with E-state index in [1.807, 2.05) is 12.1 Å². The molecule has 2 aliphatic heterocycles. The van der Waals surface area contributed by atoms with Gasteiger partial charge in [-0.3, -0.25) is 4.79 Å². The highest BCUT2D eigenvalue weighted by molar-refractivity contribution is 9.10. The van der Waals surface area contributed by atoms with Crippen molar-refractivity contribution in [3.05, 3.63) is 34.3 Å². The van der Waals surface area contributed by atoms with Crippen LogP contribution in [0.5, 0.6) is 0 Å². The molecule has 1 aromatic carbocycles. The van der Waals surface area contributed by atoms with Crippen molar-refractivity contribution < 1.29 is 4.79 Å². The molecule has 0 aromatic heterocycles.